The largest absolute Gasteiger partial charge is 0.294 e. The smallest absolute Gasteiger partial charge is 0.168 e. The Morgan fingerprint density at radius 3 is 2.15 bits per heavy atom. The molecule has 1 aromatic carbocycles. The van der Waals surface area contributed by atoms with E-state index in [1.807, 2.05) is 52.0 Å². The van der Waals surface area contributed by atoms with Gasteiger partial charge in [-0.05, 0) is 12.5 Å². The molecule has 0 atom stereocenters. The maximum atomic E-state index is 11.9. The van der Waals surface area contributed by atoms with Gasteiger partial charge in [-0.2, -0.15) is 0 Å². The van der Waals surface area contributed by atoms with E-state index in [0.29, 0.717) is 0 Å². The SMILES string of the molecule is Cc1ccccc1C(=O)C(C)(C)C. The Morgan fingerprint density at radius 2 is 1.69 bits per heavy atom. The Kier molecular flexibility index (Phi) is 2.55. The van der Waals surface area contributed by atoms with Gasteiger partial charge in [0.15, 0.2) is 5.78 Å². The molecule has 0 unspecified atom stereocenters. The van der Waals surface area contributed by atoms with E-state index >= 15 is 0 Å². The van der Waals surface area contributed by atoms with Gasteiger partial charge in [-0.15, -0.1) is 0 Å². The summed E-state index contributed by atoms with van der Waals surface area (Å²) in [4.78, 5) is 11.9. The van der Waals surface area contributed by atoms with Crippen LogP contribution >= 0.6 is 0 Å². The third kappa shape index (κ3) is 2.18. The van der Waals surface area contributed by atoms with E-state index in [2.05, 4.69) is 0 Å². The molecule has 0 aromatic heterocycles. The molecule has 0 amide bonds. The van der Waals surface area contributed by atoms with Gasteiger partial charge in [0.1, 0.15) is 0 Å². The minimum atomic E-state index is -0.286. The van der Waals surface area contributed by atoms with Gasteiger partial charge in [0.05, 0.1) is 0 Å². The van der Waals surface area contributed by atoms with Crippen molar-refractivity contribution < 1.29 is 4.79 Å². The molecule has 0 saturated heterocycles. The average molecular weight is 176 g/mol. The summed E-state index contributed by atoms with van der Waals surface area (Å²) in [7, 11) is 0. The molecule has 1 rings (SSSR count). The fourth-order valence-corrected chi connectivity index (χ4v) is 1.23. The van der Waals surface area contributed by atoms with Gasteiger partial charge in [-0.1, -0.05) is 45.0 Å². The molecule has 1 heteroatoms. The molecule has 1 aromatic rings. The van der Waals surface area contributed by atoms with Crippen LogP contribution in [0.25, 0.3) is 0 Å². The number of ketones is 1. The molecule has 0 heterocycles. The number of benzene rings is 1. The van der Waals surface area contributed by atoms with E-state index in [1.165, 1.54) is 0 Å². The highest BCUT2D eigenvalue weighted by molar-refractivity contribution is 6.00. The number of aryl methyl sites for hydroxylation is 1. The molecule has 13 heavy (non-hydrogen) atoms. The Balaban J connectivity index is 3.10. The lowest BCUT2D eigenvalue weighted by molar-refractivity contribution is 0.0857. The molecule has 0 fully saturated rings. The summed E-state index contributed by atoms with van der Waals surface area (Å²) in [6, 6.07) is 7.72. The molecule has 70 valence electrons. The summed E-state index contributed by atoms with van der Waals surface area (Å²) in [6.07, 6.45) is 0. The minimum absolute atomic E-state index is 0.214. The van der Waals surface area contributed by atoms with Gasteiger partial charge >= 0.3 is 0 Å². The van der Waals surface area contributed by atoms with Crippen molar-refractivity contribution in [2.45, 2.75) is 27.7 Å². The van der Waals surface area contributed by atoms with Gasteiger partial charge in [-0.3, -0.25) is 4.79 Å². The number of rotatable bonds is 1. The Bertz CT molecular complexity index is 318. The number of hydrogen-bond donors (Lipinski definition) is 0. The first-order valence-corrected chi connectivity index (χ1v) is 4.53. The predicted molar refractivity (Wildman–Crippen MR) is 55.0 cm³/mol. The van der Waals surface area contributed by atoms with Gasteiger partial charge in [-0.25, -0.2) is 0 Å². The zero-order chi connectivity index (χ0) is 10.1. The first kappa shape index (κ1) is 9.97. The predicted octanol–water partition coefficient (Wildman–Crippen LogP) is 3.22. The molecule has 0 aliphatic heterocycles. The van der Waals surface area contributed by atoms with Crippen LogP contribution in [-0.2, 0) is 0 Å². The van der Waals surface area contributed by atoms with Crippen LogP contribution in [0.1, 0.15) is 36.7 Å². The molecule has 0 aliphatic rings. The molecule has 0 saturated carbocycles. The molecular formula is C12H16O. The van der Waals surface area contributed by atoms with Gasteiger partial charge in [0, 0.05) is 11.0 Å². The summed E-state index contributed by atoms with van der Waals surface area (Å²) in [5, 5.41) is 0. The Morgan fingerprint density at radius 1 is 1.15 bits per heavy atom. The summed E-state index contributed by atoms with van der Waals surface area (Å²) >= 11 is 0. The van der Waals surface area contributed by atoms with Gasteiger partial charge in [0.25, 0.3) is 0 Å². The number of Topliss-reactive ketones (excluding diaryl/α,β-unsaturated/α-hetero) is 1. The standard InChI is InChI=1S/C12H16O/c1-9-7-5-6-8-10(9)11(13)12(2,3)4/h5-8H,1-4H3. The van der Waals surface area contributed by atoms with Crippen molar-refractivity contribution in [3.63, 3.8) is 0 Å². The second kappa shape index (κ2) is 3.33. The lowest BCUT2D eigenvalue weighted by Crippen LogP contribution is -2.20. The second-order valence-corrected chi connectivity index (χ2v) is 4.39. The topological polar surface area (TPSA) is 17.1 Å². The van der Waals surface area contributed by atoms with Crippen molar-refractivity contribution in [2.75, 3.05) is 0 Å². The quantitative estimate of drug-likeness (QED) is 0.600. The van der Waals surface area contributed by atoms with Crippen molar-refractivity contribution >= 4 is 5.78 Å². The Hall–Kier alpha value is -1.11. The van der Waals surface area contributed by atoms with E-state index in [4.69, 9.17) is 0 Å². The Labute approximate surface area is 79.8 Å². The van der Waals surface area contributed by atoms with E-state index < -0.39 is 0 Å². The van der Waals surface area contributed by atoms with Crippen LogP contribution in [-0.4, -0.2) is 5.78 Å². The number of hydrogen-bond acceptors (Lipinski definition) is 1. The zero-order valence-electron chi connectivity index (χ0n) is 8.72. The van der Waals surface area contributed by atoms with Crippen molar-refractivity contribution in [3.05, 3.63) is 35.4 Å². The van der Waals surface area contributed by atoms with Crippen molar-refractivity contribution in [1.82, 2.24) is 0 Å². The molecule has 0 spiro atoms. The zero-order valence-corrected chi connectivity index (χ0v) is 8.72. The van der Waals surface area contributed by atoms with Crippen molar-refractivity contribution in [1.29, 1.82) is 0 Å². The lowest BCUT2D eigenvalue weighted by Gasteiger charge is -2.17. The normalized spacial score (nSPS) is 11.4. The van der Waals surface area contributed by atoms with Crippen LogP contribution in [0.5, 0.6) is 0 Å². The maximum Gasteiger partial charge on any atom is 0.168 e. The van der Waals surface area contributed by atoms with Crippen LogP contribution in [0.3, 0.4) is 0 Å². The van der Waals surface area contributed by atoms with Crippen LogP contribution in [0.2, 0.25) is 0 Å². The van der Waals surface area contributed by atoms with Gasteiger partial charge < -0.3 is 0 Å². The van der Waals surface area contributed by atoms with E-state index in [0.717, 1.165) is 11.1 Å². The summed E-state index contributed by atoms with van der Waals surface area (Å²) in [6.45, 7) is 7.81. The molecule has 1 nitrogen and oxygen atoms in total. The molecule has 0 aliphatic carbocycles. The summed E-state index contributed by atoms with van der Waals surface area (Å²) < 4.78 is 0. The molecule has 0 bridgehead atoms. The van der Waals surface area contributed by atoms with Crippen molar-refractivity contribution in [2.24, 2.45) is 5.41 Å². The first-order chi connectivity index (χ1) is 5.93. The van der Waals surface area contributed by atoms with Crippen LogP contribution in [0, 0.1) is 12.3 Å². The number of carbonyl (C=O) groups is 1. The summed E-state index contributed by atoms with van der Waals surface area (Å²) in [5.41, 5.74) is 1.61. The van der Waals surface area contributed by atoms with Crippen LogP contribution < -0.4 is 0 Å². The molecular weight excluding hydrogens is 160 g/mol. The third-order valence-electron chi connectivity index (χ3n) is 2.07. The lowest BCUT2D eigenvalue weighted by atomic mass is 9.85. The molecule has 0 N–H and O–H groups in total. The molecule has 0 radical (unpaired) electrons. The van der Waals surface area contributed by atoms with E-state index in [-0.39, 0.29) is 11.2 Å². The fraction of sp³-hybridized carbons (Fsp3) is 0.417. The van der Waals surface area contributed by atoms with Crippen LogP contribution in [0.4, 0.5) is 0 Å². The summed E-state index contributed by atoms with van der Waals surface area (Å²) in [5.74, 6) is 0.214. The fourth-order valence-electron chi connectivity index (χ4n) is 1.23. The average Bonchev–Trinajstić information content (AvgIpc) is 2.02. The van der Waals surface area contributed by atoms with Gasteiger partial charge in [0.2, 0.25) is 0 Å². The van der Waals surface area contributed by atoms with Crippen molar-refractivity contribution in [3.8, 4) is 0 Å². The highest BCUT2D eigenvalue weighted by Crippen LogP contribution is 2.22. The maximum absolute atomic E-state index is 11.9. The van der Waals surface area contributed by atoms with E-state index in [1.54, 1.807) is 0 Å². The van der Waals surface area contributed by atoms with E-state index in [9.17, 15) is 4.79 Å². The monoisotopic (exact) mass is 176 g/mol. The first-order valence-electron chi connectivity index (χ1n) is 4.53. The van der Waals surface area contributed by atoms with Crippen LogP contribution in [0.15, 0.2) is 24.3 Å². The minimum Gasteiger partial charge on any atom is -0.294 e. The number of carbonyl (C=O) groups excluding carboxylic acids is 1. The third-order valence-corrected chi connectivity index (χ3v) is 2.07. The second-order valence-electron chi connectivity index (χ2n) is 4.39. The highest BCUT2D eigenvalue weighted by Gasteiger charge is 2.23. The highest BCUT2D eigenvalue weighted by atomic mass is 16.1.